The molecule has 3 aromatic carbocycles. The van der Waals surface area contributed by atoms with Gasteiger partial charge in [-0.15, -0.1) is 0 Å². The van der Waals surface area contributed by atoms with Gasteiger partial charge in [0.25, 0.3) is 5.91 Å². The number of rotatable bonds is 5. The minimum atomic E-state index is -1.01. The van der Waals surface area contributed by atoms with Crippen LogP contribution in [0.15, 0.2) is 77.9 Å². The normalized spacial score (nSPS) is 10.5. The van der Waals surface area contributed by atoms with E-state index in [-0.39, 0.29) is 17.0 Å². The number of carbonyl (C=O) groups excluding carboxylic acids is 3. The van der Waals surface area contributed by atoms with Gasteiger partial charge in [0, 0.05) is 10.7 Å². The maximum absolute atomic E-state index is 12.6. The average Bonchev–Trinajstić information content (AvgIpc) is 2.77. The van der Waals surface area contributed by atoms with Crippen LogP contribution in [0.2, 0.25) is 5.02 Å². The van der Waals surface area contributed by atoms with Crippen LogP contribution >= 0.6 is 11.6 Å². The molecule has 3 aromatic rings. The van der Waals surface area contributed by atoms with E-state index in [0.29, 0.717) is 16.3 Å². The van der Waals surface area contributed by atoms with Crippen molar-refractivity contribution in [1.82, 2.24) is 5.43 Å². The molecule has 31 heavy (non-hydrogen) atoms. The maximum Gasteiger partial charge on any atom is 0.329 e. The minimum absolute atomic E-state index is 0.0966. The minimum Gasteiger partial charge on any atom is -0.508 e. The van der Waals surface area contributed by atoms with Crippen LogP contribution in [-0.2, 0) is 9.59 Å². The first kappa shape index (κ1) is 21.5. The Morgan fingerprint density at radius 2 is 1.52 bits per heavy atom. The first-order chi connectivity index (χ1) is 14.9. The number of hydrogen-bond acceptors (Lipinski definition) is 5. The number of benzene rings is 3. The fourth-order valence-electron chi connectivity index (χ4n) is 2.48. The zero-order valence-corrected chi connectivity index (χ0v) is 16.8. The van der Waals surface area contributed by atoms with E-state index >= 15 is 0 Å². The van der Waals surface area contributed by atoms with Gasteiger partial charge in [-0.25, -0.2) is 5.43 Å². The SMILES string of the molecule is O=C(N/N=C/c1ccc(O)cc1)C(=O)Nc1ccccc1C(=O)Nc1ccc(Cl)cc1. The van der Waals surface area contributed by atoms with Crippen LogP contribution in [0.4, 0.5) is 11.4 Å². The van der Waals surface area contributed by atoms with Crippen LogP contribution in [0.1, 0.15) is 15.9 Å². The van der Waals surface area contributed by atoms with Gasteiger partial charge >= 0.3 is 11.8 Å². The molecule has 0 aliphatic rings. The Balaban J connectivity index is 1.63. The number of hydrogen-bond donors (Lipinski definition) is 4. The number of amides is 3. The highest BCUT2D eigenvalue weighted by Crippen LogP contribution is 2.19. The lowest BCUT2D eigenvalue weighted by Gasteiger charge is -2.11. The third-order valence-corrected chi connectivity index (χ3v) is 4.25. The molecule has 0 atom stereocenters. The Kier molecular flexibility index (Phi) is 6.97. The summed E-state index contributed by atoms with van der Waals surface area (Å²) in [5.74, 6) is -2.37. The number of carbonyl (C=O) groups is 3. The summed E-state index contributed by atoms with van der Waals surface area (Å²) in [7, 11) is 0. The van der Waals surface area contributed by atoms with E-state index < -0.39 is 17.7 Å². The molecule has 9 heteroatoms. The van der Waals surface area contributed by atoms with Crippen molar-refractivity contribution >= 4 is 46.9 Å². The van der Waals surface area contributed by atoms with Crippen molar-refractivity contribution in [3.8, 4) is 5.75 Å². The molecule has 3 amide bonds. The fourth-order valence-corrected chi connectivity index (χ4v) is 2.60. The van der Waals surface area contributed by atoms with Gasteiger partial charge in [-0.3, -0.25) is 14.4 Å². The molecular weight excluding hydrogens is 420 g/mol. The molecule has 0 unspecified atom stereocenters. The quantitative estimate of drug-likeness (QED) is 0.278. The van der Waals surface area contributed by atoms with E-state index in [2.05, 4.69) is 21.2 Å². The maximum atomic E-state index is 12.6. The van der Waals surface area contributed by atoms with E-state index in [1.807, 2.05) is 0 Å². The van der Waals surface area contributed by atoms with Crippen molar-refractivity contribution in [3.05, 3.63) is 88.9 Å². The van der Waals surface area contributed by atoms with Gasteiger partial charge in [0.15, 0.2) is 0 Å². The predicted molar refractivity (Wildman–Crippen MR) is 118 cm³/mol. The van der Waals surface area contributed by atoms with Gasteiger partial charge in [0.05, 0.1) is 17.5 Å². The molecule has 4 N–H and O–H groups in total. The number of aromatic hydroxyl groups is 1. The lowest BCUT2D eigenvalue weighted by Crippen LogP contribution is -2.33. The standard InChI is InChI=1S/C22H17ClN4O4/c23-15-7-9-16(10-8-15)25-20(29)18-3-1-2-4-19(18)26-21(30)22(31)27-24-13-14-5-11-17(28)12-6-14/h1-13,28H,(H,25,29)(H,26,30)(H,27,31)/b24-13+. The van der Waals surface area contributed by atoms with Crippen molar-refractivity contribution in [1.29, 1.82) is 0 Å². The smallest absolute Gasteiger partial charge is 0.329 e. The second kappa shape index (κ2) is 10.0. The number of nitrogens with one attached hydrogen (secondary N) is 3. The number of para-hydroxylation sites is 1. The number of anilines is 2. The van der Waals surface area contributed by atoms with Crippen LogP contribution in [0.25, 0.3) is 0 Å². The van der Waals surface area contributed by atoms with E-state index in [1.165, 1.54) is 30.5 Å². The van der Waals surface area contributed by atoms with Crippen molar-refractivity contribution in [2.24, 2.45) is 5.10 Å². The zero-order valence-electron chi connectivity index (χ0n) is 16.0. The summed E-state index contributed by atoms with van der Waals surface area (Å²) in [5.41, 5.74) is 3.58. The highest BCUT2D eigenvalue weighted by Gasteiger charge is 2.17. The van der Waals surface area contributed by atoms with Gasteiger partial charge < -0.3 is 15.7 Å². The van der Waals surface area contributed by atoms with Crippen molar-refractivity contribution in [2.45, 2.75) is 0 Å². The highest BCUT2D eigenvalue weighted by atomic mass is 35.5. The molecule has 0 fully saturated rings. The zero-order chi connectivity index (χ0) is 22.2. The summed E-state index contributed by atoms with van der Waals surface area (Å²) < 4.78 is 0. The van der Waals surface area contributed by atoms with Crippen LogP contribution < -0.4 is 16.1 Å². The number of hydrazone groups is 1. The van der Waals surface area contributed by atoms with Crippen LogP contribution in [0, 0.1) is 0 Å². The molecular formula is C22H17ClN4O4. The second-order valence-electron chi connectivity index (χ2n) is 6.25. The molecule has 0 spiro atoms. The summed E-state index contributed by atoms with van der Waals surface area (Å²) in [6, 6.07) is 18.9. The Labute approximate surface area is 182 Å². The highest BCUT2D eigenvalue weighted by molar-refractivity contribution is 6.40. The summed E-state index contributed by atoms with van der Waals surface area (Å²) in [6.45, 7) is 0. The first-order valence-electron chi connectivity index (χ1n) is 9.02. The second-order valence-corrected chi connectivity index (χ2v) is 6.69. The molecule has 0 saturated heterocycles. The molecule has 0 aromatic heterocycles. The monoisotopic (exact) mass is 436 g/mol. The molecule has 0 radical (unpaired) electrons. The molecule has 0 aliphatic carbocycles. The Morgan fingerprint density at radius 3 is 2.23 bits per heavy atom. The lowest BCUT2D eigenvalue weighted by molar-refractivity contribution is -0.136. The van der Waals surface area contributed by atoms with E-state index in [0.717, 1.165) is 0 Å². The number of phenolic OH excluding ortho intramolecular Hbond substituents is 1. The number of nitrogens with zero attached hydrogens (tertiary/aromatic N) is 1. The van der Waals surface area contributed by atoms with Gasteiger partial charge in [-0.1, -0.05) is 23.7 Å². The first-order valence-corrected chi connectivity index (χ1v) is 9.39. The Bertz CT molecular complexity index is 1130. The Morgan fingerprint density at radius 1 is 0.839 bits per heavy atom. The third-order valence-electron chi connectivity index (χ3n) is 4.00. The molecule has 0 saturated carbocycles. The molecule has 0 aliphatic heterocycles. The third kappa shape index (κ3) is 6.15. The predicted octanol–water partition coefficient (Wildman–Crippen LogP) is 3.39. The average molecular weight is 437 g/mol. The van der Waals surface area contributed by atoms with Crippen LogP contribution in [-0.4, -0.2) is 29.0 Å². The molecule has 0 heterocycles. The molecule has 8 nitrogen and oxygen atoms in total. The topological polar surface area (TPSA) is 120 Å². The van der Waals surface area contributed by atoms with E-state index in [1.54, 1.807) is 48.5 Å². The summed E-state index contributed by atoms with van der Waals surface area (Å²) in [6.07, 6.45) is 1.32. The van der Waals surface area contributed by atoms with Gasteiger partial charge in [0.1, 0.15) is 5.75 Å². The molecule has 156 valence electrons. The molecule has 0 bridgehead atoms. The largest absolute Gasteiger partial charge is 0.508 e. The van der Waals surface area contributed by atoms with E-state index in [9.17, 15) is 19.5 Å². The van der Waals surface area contributed by atoms with E-state index in [4.69, 9.17) is 11.6 Å². The number of halogens is 1. The van der Waals surface area contributed by atoms with Gasteiger partial charge in [0.2, 0.25) is 0 Å². The fraction of sp³-hybridized carbons (Fsp3) is 0. The lowest BCUT2D eigenvalue weighted by atomic mass is 10.1. The van der Waals surface area contributed by atoms with Crippen molar-refractivity contribution in [2.75, 3.05) is 10.6 Å². The van der Waals surface area contributed by atoms with Crippen LogP contribution in [0.5, 0.6) is 5.75 Å². The van der Waals surface area contributed by atoms with Crippen molar-refractivity contribution < 1.29 is 19.5 Å². The van der Waals surface area contributed by atoms with Crippen molar-refractivity contribution in [3.63, 3.8) is 0 Å². The van der Waals surface area contributed by atoms with Crippen LogP contribution in [0.3, 0.4) is 0 Å². The summed E-state index contributed by atoms with van der Waals surface area (Å²) in [4.78, 5) is 36.8. The Hall–Kier alpha value is -4.17. The summed E-state index contributed by atoms with van der Waals surface area (Å²) in [5, 5.41) is 18.6. The summed E-state index contributed by atoms with van der Waals surface area (Å²) >= 11 is 5.84. The van der Waals surface area contributed by atoms with Gasteiger partial charge in [-0.2, -0.15) is 5.10 Å². The number of phenols is 1. The molecule has 3 rings (SSSR count). The van der Waals surface area contributed by atoms with Gasteiger partial charge in [-0.05, 0) is 66.2 Å².